The molecule has 0 saturated carbocycles. The normalized spacial score (nSPS) is 9.91. The van der Waals surface area contributed by atoms with Crippen LogP contribution in [0.2, 0.25) is 0 Å². The van der Waals surface area contributed by atoms with Gasteiger partial charge in [0.1, 0.15) is 0 Å². The lowest BCUT2D eigenvalue weighted by Crippen LogP contribution is -1.83. The number of hydrogen-bond acceptors (Lipinski definition) is 2. The summed E-state index contributed by atoms with van der Waals surface area (Å²) in [6, 6.07) is 6.74. The molecule has 0 aliphatic heterocycles. The number of thiol groups is 1. The van der Waals surface area contributed by atoms with Crippen molar-refractivity contribution in [3.63, 3.8) is 0 Å². The zero-order valence-electron chi connectivity index (χ0n) is 5.86. The number of hydrogen-bond donors (Lipinski definition) is 1. The Hall–Kier alpha value is -1.09. The lowest BCUT2D eigenvalue weighted by molar-refractivity contribution is 0.614. The van der Waals surface area contributed by atoms with Gasteiger partial charge in [0.25, 0.3) is 0 Å². The van der Waals surface area contributed by atoms with E-state index in [1.165, 1.54) is 6.08 Å². The highest BCUT2D eigenvalue weighted by Gasteiger charge is 1.97. The summed E-state index contributed by atoms with van der Waals surface area (Å²) in [6.45, 7) is 3.51. The number of benzene rings is 1. The summed E-state index contributed by atoms with van der Waals surface area (Å²) in [5.74, 6) is 0. The van der Waals surface area contributed by atoms with Crippen LogP contribution in [-0.4, -0.2) is 8.42 Å². The van der Waals surface area contributed by atoms with E-state index in [2.05, 4.69) is 6.58 Å². The minimum Gasteiger partial charge on any atom is -0.227 e. The van der Waals surface area contributed by atoms with Gasteiger partial charge in [0, 0.05) is 0 Å². The van der Waals surface area contributed by atoms with Crippen molar-refractivity contribution in [2.24, 2.45) is 0 Å². The van der Waals surface area contributed by atoms with Gasteiger partial charge in [-0.15, -0.1) is 0 Å². The smallest absolute Gasteiger partial charge is 0.168 e. The second-order valence-corrected chi connectivity index (χ2v) is 3.02. The van der Waals surface area contributed by atoms with Gasteiger partial charge in [-0.25, -0.2) is 8.42 Å². The molecule has 0 atom stereocenters. The van der Waals surface area contributed by atoms with Gasteiger partial charge >= 0.3 is 0 Å². The van der Waals surface area contributed by atoms with Crippen molar-refractivity contribution in [2.75, 3.05) is 0 Å². The fourth-order valence-corrected chi connectivity index (χ4v) is 1.41. The standard InChI is InChI=1S/C8H8O2S/c1-2-7-5-3-4-6-8(7)11(9)10/h2-6,11H,1H2. The van der Waals surface area contributed by atoms with Gasteiger partial charge in [-0.1, -0.05) is 30.9 Å². The Labute approximate surface area is 67.1 Å². The molecule has 0 aliphatic rings. The predicted octanol–water partition coefficient (Wildman–Crippen LogP) is 1.30. The Morgan fingerprint density at radius 2 is 1.91 bits per heavy atom. The van der Waals surface area contributed by atoms with E-state index in [4.69, 9.17) is 0 Å². The van der Waals surface area contributed by atoms with Crippen LogP contribution in [0.5, 0.6) is 0 Å². The Balaban J connectivity index is 3.34. The van der Waals surface area contributed by atoms with Crippen molar-refractivity contribution in [1.29, 1.82) is 0 Å². The van der Waals surface area contributed by atoms with Gasteiger partial charge in [0.15, 0.2) is 10.7 Å². The van der Waals surface area contributed by atoms with E-state index in [9.17, 15) is 8.42 Å². The third kappa shape index (κ3) is 1.68. The summed E-state index contributed by atoms with van der Waals surface area (Å²) >= 11 is 0. The van der Waals surface area contributed by atoms with Crippen LogP contribution in [-0.2, 0) is 10.7 Å². The van der Waals surface area contributed by atoms with Gasteiger partial charge in [0.2, 0.25) is 0 Å². The zero-order valence-corrected chi connectivity index (χ0v) is 6.75. The average molecular weight is 168 g/mol. The molecule has 1 rings (SSSR count). The van der Waals surface area contributed by atoms with E-state index >= 15 is 0 Å². The molecule has 58 valence electrons. The van der Waals surface area contributed by atoms with Crippen LogP contribution in [0.4, 0.5) is 0 Å². The minimum atomic E-state index is -2.49. The van der Waals surface area contributed by atoms with Gasteiger partial charge in [-0.3, -0.25) is 0 Å². The van der Waals surface area contributed by atoms with Gasteiger partial charge in [-0.2, -0.15) is 0 Å². The van der Waals surface area contributed by atoms with E-state index in [0.29, 0.717) is 10.5 Å². The summed E-state index contributed by atoms with van der Waals surface area (Å²) < 4.78 is 21.1. The predicted molar refractivity (Wildman–Crippen MR) is 45.1 cm³/mol. The molecular formula is C8H8O2S. The maximum Gasteiger partial charge on any atom is 0.168 e. The maximum atomic E-state index is 10.6. The SMILES string of the molecule is C=Cc1ccccc1[SH](=O)=O. The quantitative estimate of drug-likeness (QED) is 0.675. The molecule has 0 amide bonds. The summed E-state index contributed by atoms with van der Waals surface area (Å²) in [7, 11) is -2.49. The molecule has 2 nitrogen and oxygen atoms in total. The first kappa shape index (κ1) is 8.01. The monoisotopic (exact) mass is 168 g/mol. The van der Waals surface area contributed by atoms with Gasteiger partial charge < -0.3 is 0 Å². The lowest BCUT2D eigenvalue weighted by Gasteiger charge is -1.94. The largest absolute Gasteiger partial charge is 0.227 e. The fourth-order valence-electron chi connectivity index (χ4n) is 0.826. The van der Waals surface area contributed by atoms with Crippen molar-refractivity contribution in [2.45, 2.75) is 4.90 Å². The molecule has 0 aliphatic carbocycles. The second kappa shape index (κ2) is 3.34. The van der Waals surface area contributed by atoms with E-state index in [0.717, 1.165) is 0 Å². The van der Waals surface area contributed by atoms with Crippen LogP contribution in [0.25, 0.3) is 6.08 Å². The molecule has 0 spiro atoms. The highest BCUT2D eigenvalue weighted by atomic mass is 32.2. The van der Waals surface area contributed by atoms with E-state index < -0.39 is 10.7 Å². The van der Waals surface area contributed by atoms with E-state index in [-0.39, 0.29) is 0 Å². The first-order valence-electron chi connectivity index (χ1n) is 3.11. The molecule has 0 aromatic heterocycles. The van der Waals surface area contributed by atoms with Gasteiger partial charge in [0.05, 0.1) is 4.90 Å². The molecule has 3 heteroatoms. The van der Waals surface area contributed by atoms with Crippen molar-refractivity contribution in [1.82, 2.24) is 0 Å². The van der Waals surface area contributed by atoms with Gasteiger partial charge in [-0.05, 0) is 11.6 Å². The third-order valence-electron chi connectivity index (χ3n) is 1.35. The maximum absolute atomic E-state index is 10.6. The Morgan fingerprint density at radius 1 is 1.27 bits per heavy atom. The molecule has 0 radical (unpaired) electrons. The first-order chi connectivity index (χ1) is 5.25. The third-order valence-corrected chi connectivity index (χ3v) is 2.15. The molecule has 0 saturated heterocycles. The summed E-state index contributed by atoms with van der Waals surface area (Å²) in [4.78, 5) is 0.331. The Morgan fingerprint density at radius 3 is 2.36 bits per heavy atom. The lowest BCUT2D eigenvalue weighted by atomic mass is 10.2. The molecule has 0 bridgehead atoms. The molecule has 0 N–H and O–H groups in total. The summed E-state index contributed by atoms with van der Waals surface area (Å²) in [6.07, 6.45) is 1.53. The molecule has 0 unspecified atom stereocenters. The van der Waals surface area contributed by atoms with Crippen LogP contribution >= 0.6 is 0 Å². The Kier molecular flexibility index (Phi) is 2.44. The highest BCUT2D eigenvalue weighted by molar-refractivity contribution is 7.72. The van der Waals surface area contributed by atoms with Crippen molar-refractivity contribution in [3.8, 4) is 0 Å². The van der Waals surface area contributed by atoms with E-state index in [1.54, 1.807) is 24.3 Å². The highest BCUT2D eigenvalue weighted by Crippen LogP contribution is 2.10. The molecule has 0 fully saturated rings. The topological polar surface area (TPSA) is 34.1 Å². The summed E-state index contributed by atoms with van der Waals surface area (Å²) in [5.41, 5.74) is 0.656. The second-order valence-electron chi connectivity index (χ2n) is 2.02. The zero-order chi connectivity index (χ0) is 8.27. The number of rotatable bonds is 2. The van der Waals surface area contributed by atoms with Crippen LogP contribution in [0.1, 0.15) is 5.56 Å². The van der Waals surface area contributed by atoms with Crippen molar-refractivity contribution >= 4 is 16.8 Å². The average Bonchev–Trinajstić information content (AvgIpc) is 2.04. The van der Waals surface area contributed by atoms with Crippen LogP contribution in [0.15, 0.2) is 35.7 Å². The van der Waals surface area contributed by atoms with Crippen molar-refractivity contribution < 1.29 is 8.42 Å². The molecule has 0 heterocycles. The van der Waals surface area contributed by atoms with Crippen LogP contribution < -0.4 is 0 Å². The molecular weight excluding hydrogens is 160 g/mol. The van der Waals surface area contributed by atoms with Crippen LogP contribution in [0.3, 0.4) is 0 Å². The molecule has 11 heavy (non-hydrogen) atoms. The van der Waals surface area contributed by atoms with Crippen molar-refractivity contribution in [3.05, 3.63) is 36.4 Å². The fraction of sp³-hybridized carbons (Fsp3) is 0. The molecule has 1 aromatic carbocycles. The van der Waals surface area contributed by atoms with E-state index in [1.807, 2.05) is 0 Å². The first-order valence-corrected chi connectivity index (χ1v) is 4.29. The summed E-state index contributed by atoms with van der Waals surface area (Å²) in [5, 5.41) is 0. The Bertz CT molecular complexity index is 332. The van der Waals surface area contributed by atoms with Crippen LogP contribution in [0, 0.1) is 0 Å². The molecule has 1 aromatic rings. The minimum absolute atomic E-state index is 0.331.